The van der Waals surface area contributed by atoms with Crippen LogP contribution in [0.5, 0.6) is 5.75 Å². The van der Waals surface area contributed by atoms with Crippen molar-refractivity contribution in [2.45, 2.75) is 99.3 Å². The number of methoxy groups -OCH3 is 1. The van der Waals surface area contributed by atoms with Crippen LogP contribution in [-0.4, -0.2) is 24.0 Å². The lowest BCUT2D eigenvalue weighted by atomic mass is 9.32. The maximum absolute atomic E-state index is 14.1. The van der Waals surface area contributed by atoms with Gasteiger partial charge < -0.3 is 9.84 Å². The molecule has 42 heavy (non-hydrogen) atoms. The Morgan fingerprint density at radius 1 is 0.952 bits per heavy atom. The standard InChI is InChI=1S/C38H52O4/c1-23(2)26-15-18-38(33(40)41)20-19-36(6)27(31(26)38)13-14-30-35(5)22-25(21-24-11-9-10-12-28(24)42-8)32(39)34(3,4)29(35)16-17-37(30,36)7/h9-12,21,26-27,29-31H,1,13-20,22H2,2-8H3,(H,40,41)/b25-21+/t26-,27+,29-,30+,31-,35-,36+,37+,38-/m0/s1. The monoisotopic (exact) mass is 572 g/mol. The zero-order valence-corrected chi connectivity index (χ0v) is 27.0. The second kappa shape index (κ2) is 9.57. The predicted molar refractivity (Wildman–Crippen MR) is 168 cm³/mol. The van der Waals surface area contributed by atoms with Crippen LogP contribution < -0.4 is 4.74 Å². The van der Waals surface area contributed by atoms with E-state index in [9.17, 15) is 14.7 Å². The molecule has 0 saturated heterocycles. The number of carbonyl (C=O) groups is 2. The molecule has 0 bridgehead atoms. The molecule has 5 fully saturated rings. The third-order valence-corrected chi connectivity index (χ3v) is 14.5. The van der Waals surface area contributed by atoms with Gasteiger partial charge in [0, 0.05) is 11.0 Å². The number of carboxylic acid groups (broad SMARTS) is 1. The van der Waals surface area contributed by atoms with Crippen molar-refractivity contribution in [1.82, 2.24) is 0 Å². The van der Waals surface area contributed by atoms with Crippen molar-refractivity contribution >= 4 is 17.8 Å². The van der Waals surface area contributed by atoms with Gasteiger partial charge in [-0.15, -0.1) is 0 Å². The van der Waals surface area contributed by atoms with Crippen molar-refractivity contribution in [2.75, 3.05) is 7.11 Å². The maximum atomic E-state index is 14.1. The highest BCUT2D eigenvalue weighted by Crippen LogP contribution is 2.77. The molecule has 228 valence electrons. The zero-order chi connectivity index (χ0) is 30.5. The largest absolute Gasteiger partial charge is 0.496 e. The summed E-state index contributed by atoms with van der Waals surface area (Å²) in [5.74, 6) is 2.23. The van der Waals surface area contributed by atoms with Crippen LogP contribution in [0, 0.1) is 56.7 Å². The van der Waals surface area contributed by atoms with Crippen molar-refractivity contribution in [3.63, 3.8) is 0 Å². The van der Waals surface area contributed by atoms with Crippen LogP contribution >= 0.6 is 0 Å². The molecule has 4 nitrogen and oxygen atoms in total. The van der Waals surface area contributed by atoms with E-state index >= 15 is 0 Å². The average molecular weight is 573 g/mol. The number of benzene rings is 1. The maximum Gasteiger partial charge on any atom is 0.309 e. The van der Waals surface area contributed by atoms with E-state index in [-0.39, 0.29) is 22.2 Å². The number of hydrogen-bond donors (Lipinski definition) is 1. The van der Waals surface area contributed by atoms with E-state index < -0.39 is 16.8 Å². The summed E-state index contributed by atoms with van der Waals surface area (Å²) in [5.41, 5.74) is 2.23. The molecule has 5 aliphatic rings. The highest BCUT2D eigenvalue weighted by atomic mass is 16.5. The molecule has 1 N–H and O–H groups in total. The molecule has 0 aromatic heterocycles. The molecule has 1 aromatic carbocycles. The Morgan fingerprint density at radius 2 is 1.67 bits per heavy atom. The Morgan fingerprint density at radius 3 is 2.33 bits per heavy atom. The Balaban J connectivity index is 1.42. The van der Waals surface area contributed by atoms with Crippen LogP contribution in [0.4, 0.5) is 0 Å². The van der Waals surface area contributed by atoms with Gasteiger partial charge >= 0.3 is 5.97 Å². The predicted octanol–water partition coefficient (Wildman–Crippen LogP) is 9.00. The van der Waals surface area contributed by atoms with Crippen molar-refractivity contribution in [3.05, 3.63) is 47.6 Å². The summed E-state index contributed by atoms with van der Waals surface area (Å²) >= 11 is 0. The lowest BCUT2D eigenvalue weighted by Crippen LogP contribution is -2.67. The number of allylic oxidation sites excluding steroid dienone is 2. The average Bonchev–Trinajstić information content (AvgIpc) is 3.34. The van der Waals surface area contributed by atoms with Crippen LogP contribution in [-0.2, 0) is 9.59 Å². The summed E-state index contributed by atoms with van der Waals surface area (Å²) in [6, 6.07) is 8.01. The molecular formula is C38H52O4. The molecule has 0 radical (unpaired) electrons. The smallest absolute Gasteiger partial charge is 0.309 e. The highest BCUT2D eigenvalue weighted by Gasteiger charge is 2.72. The summed E-state index contributed by atoms with van der Waals surface area (Å²) in [4.78, 5) is 27.1. The molecular weight excluding hydrogens is 520 g/mol. The van der Waals surface area contributed by atoms with Crippen molar-refractivity contribution in [3.8, 4) is 5.75 Å². The van der Waals surface area contributed by atoms with E-state index in [1.54, 1.807) is 7.11 Å². The minimum Gasteiger partial charge on any atom is -0.496 e. The minimum absolute atomic E-state index is 0.00297. The molecule has 5 saturated carbocycles. The summed E-state index contributed by atoms with van der Waals surface area (Å²) in [6.45, 7) is 18.5. The van der Waals surface area contributed by atoms with E-state index in [1.807, 2.05) is 24.3 Å². The molecule has 4 heteroatoms. The number of rotatable bonds is 4. The molecule has 0 unspecified atom stereocenters. The first kappa shape index (κ1) is 29.7. The van der Waals surface area contributed by atoms with E-state index in [2.05, 4.69) is 54.2 Å². The fourth-order valence-electron chi connectivity index (χ4n) is 12.5. The normalized spacial score (nSPS) is 44.9. The van der Waals surface area contributed by atoms with Gasteiger partial charge in [-0.1, -0.05) is 65.0 Å². The van der Waals surface area contributed by atoms with Gasteiger partial charge in [-0.3, -0.25) is 9.59 Å². The van der Waals surface area contributed by atoms with Crippen molar-refractivity contribution in [2.24, 2.45) is 56.7 Å². The molecule has 6 rings (SSSR count). The van der Waals surface area contributed by atoms with Crippen LogP contribution in [0.25, 0.3) is 6.08 Å². The Kier molecular flexibility index (Phi) is 6.77. The van der Waals surface area contributed by atoms with Gasteiger partial charge in [-0.05, 0) is 128 Å². The quantitative estimate of drug-likeness (QED) is 0.289. The van der Waals surface area contributed by atoms with Crippen molar-refractivity contribution < 1.29 is 19.4 Å². The summed E-state index contributed by atoms with van der Waals surface area (Å²) in [7, 11) is 1.69. The molecule has 5 aliphatic carbocycles. The number of hydrogen-bond acceptors (Lipinski definition) is 3. The van der Waals surface area contributed by atoms with Crippen molar-refractivity contribution in [1.29, 1.82) is 0 Å². The van der Waals surface area contributed by atoms with Gasteiger partial charge in [0.25, 0.3) is 0 Å². The fraction of sp³-hybridized carbons (Fsp3) is 0.684. The van der Waals surface area contributed by atoms with Crippen LogP contribution in [0.3, 0.4) is 0 Å². The first-order chi connectivity index (χ1) is 19.7. The third-order valence-electron chi connectivity index (χ3n) is 14.5. The molecule has 1 aromatic rings. The SMILES string of the molecule is C=C(C)[C@@H]1CC[C@]2(C(=O)O)CC[C@]3(C)[C@H](CC[C@@H]4[C@@]5(C)C/C(=C\c6ccccc6OC)C(=O)C(C)(C)[C@@H]5CC[C@]43C)[C@H]12. The molecule has 0 aliphatic heterocycles. The number of carboxylic acids is 1. The molecule has 0 amide bonds. The van der Waals surface area contributed by atoms with Gasteiger partial charge in [-0.25, -0.2) is 0 Å². The van der Waals surface area contributed by atoms with E-state index in [0.717, 1.165) is 74.7 Å². The molecule has 0 heterocycles. The van der Waals surface area contributed by atoms with Crippen LogP contribution in [0.1, 0.15) is 105 Å². The van der Waals surface area contributed by atoms with Crippen LogP contribution in [0.2, 0.25) is 0 Å². The second-order valence-electron chi connectivity index (χ2n) is 16.3. The Bertz CT molecular complexity index is 1350. The fourth-order valence-corrected chi connectivity index (χ4v) is 12.5. The second-order valence-corrected chi connectivity index (χ2v) is 16.3. The van der Waals surface area contributed by atoms with E-state index in [1.165, 1.54) is 5.57 Å². The minimum atomic E-state index is -0.595. The summed E-state index contributed by atoms with van der Waals surface area (Å²) in [6.07, 6.45) is 10.8. The molecule has 9 atom stereocenters. The first-order valence-electron chi connectivity index (χ1n) is 16.4. The van der Waals surface area contributed by atoms with Crippen LogP contribution in [0.15, 0.2) is 42.0 Å². The highest BCUT2D eigenvalue weighted by molar-refractivity contribution is 6.04. The number of aliphatic carboxylic acids is 1. The van der Waals surface area contributed by atoms with Gasteiger partial charge in [0.1, 0.15) is 5.75 Å². The number of Topliss-reactive ketones (excluding diaryl/α,β-unsaturated/α-hetero) is 1. The lowest BCUT2D eigenvalue weighted by Gasteiger charge is -2.72. The molecule has 0 spiro atoms. The van der Waals surface area contributed by atoms with Gasteiger partial charge in [0.15, 0.2) is 5.78 Å². The van der Waals surface area contributed by atoms with E-state index in [4.69, 9.17) is 4.74 Å². The van der Waals surface area contributed by atoms with Gasteiger partial charge in [0.05, 0.1) is 12.5 Å². The number of para-hydroxylation sites is 1. The van der Waals surface area contributed by atoms with Gasteiger partial charge in [-0.2, -0.15) is 0 Å². The lowest BCUT2D eigenvalue weighted by molar-refractivity contribution is -0.231. The number of ketones is 1. The number of carbonyl (C=O) groups excluding carboxylic acids is 1. The van der Waals surface area contributed by atoms with Gasteiger partial charge in [0.2, 0.25) is 0 Å². The summed E-state index contributed by atoms with van der Waals surface area (Å²) in [5, 5.41) is 10.7. The first-order valence-corrected chi connectivity index (χ1v) is 16.4. The summed E-state index contributed by atoms with van der Waals surface area (Å²) < 4.78 is 5.66. The Labute approximate surface area is 253 Å². The number of fused-ring (bicyclic) bond motifs is 7. The topological polar surface area (TPSA) is 63.6 Å². The Hall–Kier alpha value is -2.36. The third kappa shape index (κ3) is 3.71. The number of ether oxygens (including phenoxy) is 1. The zero-order valence-electron chi connectivity index (χ0n) is 27.0. The van der Waals surface area contributed by atoms with E-state index in [0.29, 0.717) is 29.5 Å².